The second kappa shape index (κ2) is 5.69. The number of likely N-dealkylation sites (tertiary alicyclic amines) is 1. The maximum Gasteiger partial charge on any atom is 0.144 e. The molecule has 0 aromatic carbocycles. The predicted octanol–water partition coefficient (Wildman–Crippen LogP) is 1.83. The maximum atomic E-state index is 4.10. The molecule has 1 aromatic heterocycles. The van der Waals surface area contributed by atoms with Gasteiger partial charge in [0.25, 0.3) is 0 Å². The van der Waals surface area contributed by atoms with Crippen molar-refractivity contribution in [3.05, 3.63) is 6.20 Å². The van der Waals surface area contributed by atoms with E-state index in [1.54, 1.807) is 0 Å². The van der Waals surface area contributed by atoms with E-state index < -0.39 is 0 Å². The fraction of sp³-hybridized carbons (Fsp3) is 0.846. The molecule has 0 saturated carbocycles. The number of nitrogens with zero attached hydrogens (tertiary/aromatic N) is 4. The standard InChI is InChI=1S/C13H25N5/c1-4-7-18-12(10-15-16-18)14-11-13(2)5-8-17(3)9-6-13/h10,14H,4-9,11H2,1-3H3. The molecule has 1 fully saturated rings. The molecular weight excluding hydrogens is 226 g/mol. The van der Waals surface area contributed by atoms with Gasteiger partial charge in [-0.2, -0.15) is 0 Å². The van der Waals surface area contributed by atoms with Crippen LogP contribution < -0.4 is 5.32 Å². The fourth-order valence-electron chi connectivity index (χ4n) is 2.41. The summed E-state index contributed by atoms with van der Waals surface area (Å²) in [6.45, 7) is 8.87. The number of nitrogens with one attached hydrogen (secondary N) is 1. The summed E-state index contributed by atoms with van der Waals surface area (Å²) in [7, 11) is 2.20. The van der Waals surface area contributed by atoms with E-state index in [0.717, 1.165) is 25.3 Å². The highest BCUT2D eigenvalue weighted by atomic mass is 15.4. The van der Waals surface area contributed by atoms with Crippen LogP contribution in [0, 0.1) is 5.41 Å². The van der Waals surface area contributed by atoms with E-state index in [0.29, 0.717) is 5.41 Å². The van der Waals surface area contributed by atoms with Crippen LogP contribution in [0.3, 0.4) is 0 Å². The van der Waals surface area contributed by atoms with Crippen LogP contribution in [-0.4, -0.2) is 46.6 Å². The van der Waals surface area contributed by atoms with Crippen LogP contribution >= 0.6 is 0 Å². The minimum absolute atomic E-state index is 0.397. The number of hydrogen-bond acceptors (Lipinski definition) is 4. The largest absolute Gasteiger partial charge is 0.368 e. The van der Waals surface area contributed by atoms with Crippen LogP contribution in [0.2, 0.25) is 0 Å². The Labute approximate surface area is 110 Å². The first-order valence-corrected chi connectivity index (χ1v) is 6.94. The Hall–Kier alpha value is -1.10. The lowest BCUT2D eigenvalue weighted by Crippen LogP contribution is -2.40. The minimum atomic E-state index is 0.397. The molecule has 5 nitrogen and oxygen atoms in total. The first-order valence-electron chi connectivity index (χ1n) is 6.94. The number of rotatable bonds is 5. The van der Waals surface area contributed by atoms with Gasteiger partial charge in [0.1, 0.15) is 5.82 Å². The number of aromatic nitrogens is 3. The second-order valence-electron chi connectivity index (χ2n) is 5.81. The highest BCUT2D eigenvalue weighted by Gasteiger charge is 2.28. The van der Waals surface area contributed by atoms with Gasteiger partial charge in [-0.1, -0.05) is 19.1 Å². The first kappa shape index (κ1) is 13.3. The molecule has 1 N–H and O–H groups in total. The molecule has 18 heavy (non-hydrogen) atoms. The normalized spacial score (nSPS) is 19.9. The van der Waals surface area contributed by atoms with Gasteiger partial charge in [0.2, 0.25) is 0 Å². The highest BCUT2D eigenvalue weighted by Crippen LogP contribution is 2.30. The molecule has 5 heteroatoms. The maximum absolute atomic E-state index is 4.10. The summed E-state index contributed by atoms with van der Waals surface area (Å²) in [5.74, 6) is 1.05. The monoisotopic (exact) mass is 251 g/mol. The number of hydrogen-bond donors (Lipinski definition) is 1. The average molecular weight is 251 g/mol. The van der Waals surface area contributed by atoms with Crippen LogP contribution in [0.4, 0.5) is 5.82 Å². The van der Waals surface area contributed by atoms with E-state index >= 15 is 0 Å². The third kappa shape index (κ3) is 3.22. The van der Waals surface area contributed by atoms with E-state index in [2.05, 4.69) is 41.4 Å². The quantitative estimate of drug-likeness (QED) is 0.867. The summed E-state index contributed by atoms with van der Waals surface area (Å²) in [6, 6.07) is 0. The first-order chi connectivity index (χ1) is 8.63. The van der Waals surface area contributed by atoms with Crippen molar-refractivity contribution in [2.45, 2.75) is 39.7 Å². The second-order valence-corrected chi connectivity index (χ2v) is 5.81. The van der Waals surface area contributed by atoms with Crippen molar-refractivity contribution in [1.82, 2.24) is 19.9 Å². The molecule has 0 radical (unpaired) electrons. The van der Waals surface area contributed by atoms with Crippen LogP contribution in [0.1, 0.15) is 33.1 Å². The molecule has 102 valence electrons. The van der Waals surface area contributed by atoms with E-state index in [-0.39, 0.29) is 0 Å². The molecule has 2 heterocycles. The third-order valence-corrected chi connectivity index (χ3v) is 3.94. The van der Waals surface area contributed by atoms with Gasteiger partial charge in [0, 0.05) is 13.1 Å². The average Bonchev–Trinajstić information content (AvgIpc) is 2.79. The van der Waals surface area contributed by atoms with Gasteiger partial charge in [-0.15, -0.1) is 5.10 Å². The summed E-state index contributed by atoms with van der Waals surface area (Å²) >= 11 is 0. The van der Waals surface area contributed by atoms with Crippen LogP contribution in [0.5, 0.6) is 0 Å². The molecule has 0 aliphatic carbocycles. The number of piperidine rings is 1. The summed E-state index contributed by atoms with van der Waals surface area (Å²) in [5.41, 5.74) is 0.397. The minimum Gasteiger partial charge on any atom is -0.368 e. The molecule has 1 saturated heterocycles. The molecular formula is C13H25N5. The summed E-state index contributed by atoms with van der Waals surface area (Å²) < 4.78 is 1.96. The topological polar surface area (TPSA) is 46.0 Å². The van der Waals surface area contributed by atoms with Crippen LogP contribution in [0.25, 0.3) is 0 Å². The van der Waals surface area contributed by atoms with Gasteiger partial charge < -0.3 is 10.2 Å². The van der Waals surface area contributed by atoms with Gasteiger partial charge in [-0.25, -0.2) is 4.68 Å². The Kier molecular flexibility index (Phi) is 4.22. The Morgan fingerprint density at radius 3 is 2.78 bits per heavy atom. The van der Waals surface area contributed by atoms with Gasteiger partial charge in [-0.3, -0.25) is 0 Å². The van der Waals surface area contributed by atoms with Crippen molar-refractivity contribution in [3.63, 3.8) is 0 Å². The van der Waals surface area contributed by atoms with Crippen LogP contribution in [-0.2, 0) is 6.54 Å². The Balaban J connectivity index is 1.88. The Bertz CT molecular complexity index is 365. The molecule has 2 rings (SSSR count). The number of anilines is 1. The third-order valence-electron chi connectivity index (χ3n) is 3.94. The molecule has 0 bridgehead atoms. The zero-order valence-corrected chi connectivity index (χ0v) is 11.8. The van der Waals surface area contributed by atoms with Gasteiger partial charge >= 0.3 is 0 Å². The van der Waals surface area contributed by atoms with E-state index in [1.165, 1.54) is 25.9 Å². The van der Waals surface area contributed by atoms with E-state index in [9.17, 15) is 0 Å². The SMILES string of the molecule is CCCn1nncc1NCC1(C)CCN(C)CC1. The van der Waals surface area contributed by atoms with Gasteiger partial charge in [-0.05, 0) is 44.8 Å². The number of aryl methyl sites for hydroxylation is 1. The van der Waals surface area contributed by atoms with Crippen molar-refractivity contribution in [2.24, 2.45) is 5.41 Å². The predicted molar refractivity (Wildman–Crippen MR) is 73.6 cm³/mol. The van der Waals surface area contributed by atoms with Gasteiger partial charge in [0.15, 0.2) is 0 Å². The zero-order valence-electron chi connectivity index (χ0n) is 11.8. The van der Waals surface area contributed by atoms with E-state index in [1.807, 2.05) is 10.9 Å². The van der Waals surface area contributed by atoms with Crippen molar-refractivity contribution in [2.75, 3.05) is 32.0 Å². The molecule has 1 aliphatic heterocycles. The molecule has 0 amide bonds. The van der Waals surface area contributed by atoms with Gasteiger partial charge in [0.05, 0.1) is 6.20 Å². The van der Waals surface area contributed by atoms with Crippen molar-refractivity contribution < 1.29 is 0 Å². The van der Waals surface area contributed by atoms with Crippen molar-refractivity contribution in [3.8, 4) is 0 Å². The summed E-state index contributed by atoms with van der Waals surface area (Å²) in [4.78, 5) is 2.41. The highest BCUT2D eigenvalue weighted by molar-refractivity contribution is 5.31. The lowest BCUT2D eigenvalue weighted by molar-refractivity contribution is 0.150. The summed E-state index contributed by atoms with van der Waals surface area (Å²) in [5, 5.41) is 11.6. The Morgan fingerprint density at radius 1 is 1.39 bits per heavy atom. The Morgan fingerprint density at radius 2 is 2.11 bits per heavy atom. The fourth-order valence-corrected chi connectivity index (χ4v) is 2.41. The van der Waals surface area contributed by atoms with Crippen molar-refractivity contribution >= 4 is 5.82 Å². The lowest BCUT2D eigenvalue weighted by atomic mass is 9.80. The summed E-state index contributed by atoms with van der Waals surface area (Å²) in [6.07, 6.45) is 5.42. The molecule has 1 aliphatic rings. The molecule has 0 unspecified atom stereocenters. The van der Waals surface area contributed by atoms with Crippen LogP contribution in [0.15, 0.2) is 6.20 Å². The molecule has 1 aromatic rings. The molecule has 0 spiro atoms. The van der Waals surface area contributed by atoms with Crippen molar-refractivity contribution in [1.29, 1.82) is 0 Å². The zero-order chi connectivity index (χ0) is 13.0. The lowest BCUT2D eigenvalue weighted by Gasteiger charge is -2.38. The smallest absolute Gasteiger partial charge is 0.144 e. The molecule has 0 atom stereocenters. The van der Waals surface area contributed by atoms with E-state index in [4.69, 9.17) is 0 Å².